The van der Waals surface area contributed by atoms with E-state index in [1.807, 2.05) is 0 Å². The minimum Gasteiger partial charge on any atom is -0.451 e. The van der Waals surface area contributed by atoms with Gasteiger partial charge < -0.3 is 14.4 Å². The molecule has 3 aromatic heterocycles. The van der Waals surface area contributed by atoms with Crippen molar-refractivity contribution < 1.29 is 19.1 Å². The molecule has 3 aromatic rings. The van der Waals surface area contributed by atoms with E-state index in [0.29, 0.717) is 42.2 Å². The summed E-state index contributed by atoms with van der Waals surface area (Å²) in [6, 6.07) is 6.71. The molecule has 4 heterocycles. The molecular formula is C17H15N3O5S. The summed E-state index contributed by atoms with van der Waals surface area (Å²) in [5, 5.41) is 0.352. The first-order valence-electron chi connectivity index (χ1n) is 8.07. The second-order valence-electron chi connectivity index (χ2n) is 5.74. The number of esters is 1. The molecule has 26 heavy (non-hydrogen) atoms. The van der Waals surface area contributed by atoms with Gasteiger partial charge in [0.05, 0.1) is 18.6 Å². The molecule has 4 rings (SSSR count). The van der Waals surface area contributed by atoms with Crippen LogP contribution in [0, 0.1) is 0 Å². The second kappa shape index (κ2) is 6.85. The fraction of sp³-hybridized carbons (Fsp3) is 0.294. The molecule has 0 N–H and O–H groups in total. The van der Waals surface area contributed by atoms with Gasteiger partial charge in [-0.25, -0.2) is 9.78 Å². The van der Waals surface area contributed by atoms with Crippen molar-refractivity contribution >= 4 is 39.1 Å². The molecule has 0 atom stereocenters. The number of morpholine rings is 1. The SMILES string of the molecule is O=C(OCC(=O)N1CCOCC1)c1cc2c(=O)n3ccccc3nc2s1. The lowest BCUT2D eigenvalue weighted by Gasteiger charge is -2.26. The molecular weight excluding hydrogens is 358 g/mol. The number of thiophene rings is 1. The van der Waals surface area contributed by atoms with Crippen LogP contribution in [0.2, 0.25) is 0 Å². The zero-order valence-corrected chi connectivity index (χ0v) is 14.5. The average molecular weight is 373 g/mol. The standard InChI is InChI=1S/C17H15N3O5S/c21-14(19-5-7-24-8-6-19)10-25-17(23)12-9-11-15(26-12)18-13-3-1-2-4-20(13)16(11)22/h1-4,9H,5-8,10H2. The molecule has 0 aliphatic carbocycles. The van der Waals surface area contributed by atoms with E-state index in [4.69, 9.17) is 9.47 Å². The maximum absolute atomic E-state index is 12.5. The largest absolute Gasteiger partial charge is 0.451 e. The molecule has 1 fully saturated rings. The van der Waals surface area contributed by atoms with Crippen LogP contribution in [-0.2, 0) is 14.3 Å². The summed E-state index contributed by atoms with van der Waals surface area (Å²) >= 11 is 1.08. The summed E-state index contributed by atoms with van der Waals surface area (Å²) in [6.45, 7) is 1.62. The molecule has 134 valence electrons. The van der Waals surface area contributed by atoms with E-state index in [1.165, 1.54) is 10.5 Å². The summed E-state index contributed by atoms with van der Waals surface area (Å²) in [6.07, 6.45) is 1.63. The minimum absolute atomic E-state index is 0.245. The van der Waals surface area contributed by atoms with Crippen LogP contribution in [0.4, 0.5) is 0 Å². The van der Waals surface area contributed by atoms with Crippen molar-refractivity contribution in [3.63, 3.8) is 0 Å². The molecule has 1 aliphatic rings. The topological polar surface area (TPSA) is 90.2 Å². The van der Waals surface area contributed by atoms with Gasteiger partial charge in [0.25, 0.3) is 11.5 Å². The van der Waals surface area contributed by atoms with Crippen molar-refractivity contribution in [2.45, 2.75) is 0 Å². The molecule has 0 saturated carbocycles. The Morgan fingerprint density at radius 2 is 2.08 bits per heavy atom. The Hall–Kier alpha value is -2.78. The number of fused-ring (bicyclic) bond motifs is 2. The van der Waals surface area contributed by atoms with Gasteiger partial charge in [0.1, 0.15) is 15.4 Å². The van der Waals surface area contributed by atoms with Crippen molar-refractivity contribution in [1.29, 1.82) is 0 Å². The Kier molecular flexibility index (Phi) is 4.39. The molecule has 0 spiro atoms. The van der Waals surface area contributed by atoms with E-state index in [2.05, 4.69) is 4.98 Å². The van der Waals surface area contributed by atoms with Crippen LogP contribution in [0.1, 0.15) is 9.67 Å². The number of nitrogens with zero attached hydrogens (tertiary/aromatic N) is 3. The Balaban J connectivity index is 1.53. The summed E-state index contributed by atoms with van der Waals surface area (Å²) < 4.78 is 11.7. The summed E-state index contributed by atoms with van der Waals surface area (Å²) in [5.41, 5.74) is 0.263. The van der Waals surface area contributed by atoms with Crippen molar-refractivity contribution in [3.05, 3.63) is 45.7 Å². The number of carbonyl (C=O) groups excluding carboxylic acids is 2. The van der Waals surface area contributed by atoms with Crippen LogP contribution >= 0.6 is 11.3 Å². The Morgan fingerprint density at radius 1 is 1.27 bits per heavy atom. The fourth-order valence-electron chi connectivity index (χ4n) is 2.75. The molecule has 1 amide bonds. The number of hydrogen-bond donors (Lipinski definition) is 0. The number of carbonyl (C=O) groups is 2. The lowest BCUT2D eigenvalue weighted by Crippen LogP contribution is -2.42. The monoisotopic (exact) mass is 373 g/mol. The van der Waals surface area contributed by atoms with Gasteiger partial charge in [-0.2, -0.15) is 0 Å². The second-order valence-corrected chi connectivity index (χ2v) is 6.78. The highest BCUT2D eigenvalue weighted by Gasteiger charge is 2.20. The third-order valence-electron chi connectivity index (χ3n) is 4.11. The van der Waals surface area contributed by atoms with Gasteiger partial charge in [-0.1, -0.05) is 6.07 Å². The zero-order chi connectivity index (χ0) is 18.1. The summed E-state index contributed by atoms with van der Waals surface area (Å²) in [5.74, 6) is -0.894. The molecule has 9 heteroatoms. The van der Waals surface area contributed by atoms with Crippen LogP contribution in [0.15, 0.2) is 35.3 Å². The highest BCUT2D eigenvalue weighted by atomic mass is 32.1. The molecule has 0 bridgehead atoms. The first kappa shape index (κ1) is 16.7. The number of amides is 1. The number of pyridine rings is 1. The molecule has 1 saturated heterocycles. The van der Waals surface area contributed by atoms with Gasteiger partial charge in [0, 0.05) is 19.3 Å². The Labute approximate surface area is 151 Å². The van der Waals surface area contributed by atoms with Crippen molar-refractivity contribution in [2.75, 3.05) is 32.9 Å². The normalized spacial score (nSPS) is 14.7. The van der Waals surface area contributed by atoms with Gasteiger partial charge in [-0.15, -0.1) is 11.3 Å². The molecule has 1 aliphatic heterocycles. The van der Waals surface area contributed by atoms with Crippen LogP contribution < -0.4 is 5.56 Å². The van der Waals surface area contributed by atoms with Crippen molar-refractivity contribution in [2.24, 2.45) is 0 Å². The summed E-state index contributed by atoms with van der Waals surface area (Å²) in [7, 11) is 0. The number of hydrogen-bond acceptors (Lipinski definition) is 7. The molecule has 0 unspecified atom stereocenters. The smallest absolute Gasteiger partial charge is 0.348 e. The molecule has 8 nitrogen and oxygen atoms in total. The maximum atomic E-state index is 12.5. The van der Waals surface area contributed by atoms with E-state index in [0.717, 1.165) is 11.3 Å². The first-order valence-corrected chi connectivity index (χ1v) is 8.89. The van der Waals surface area contributed by atoms with Gasteiger partial charge in [-0.3, -0.25) is 14.0 Å². The number of aromatic nitrogens is 2. The third-order valence-corrected chi connectivity index (χ3v) is 5.12. The van der Waals surface area contributed by atoms with E-state index in [1.54, 1.807) is 29.3 Å². The van der Waals surface area contributed by atoms with Crippen molar-refractivity contribution in [1.82, 2.24) is 14.3 Å². The number of ether oxygens (including phenoxy) is 2. The fourth-order valence-corrected chi connectivity index (χ4v) is 3.67. The van der Waals surface area contributed by atoms with Gasteiger partial charge in [-0.05, 0) is 18.2 Å². The quantitative estimate of drug-likeness (QED) is 0.635. The van der Waals surface area contributed by atoms with Crippen molar-refractivity contribution in [3.8, 4) is 0 Å². The van der Waals surface area contributed by atoms with E-state index < -0.39 is 5.97 Å². The third kappa shape index (κ3) is 3.06. The zero-order valence-electron chi connectivity index (χ0n) is 13.7. The van der Waals surface area contributed by atoms with Gasteiger partial charge in [0.15, 0.2) is 6.61 Å². The first-order chi connectivity index (χ1) is 12.6. The molecule has 0 radical (unpaired) electrons. The predicted octanol–water partition coefficient (Wildman–Crippen LogP) is 0.925. The Bertz CT molecular complexity index is 1050. The minimum atomic E-state index is -0.636. The van der Waals surface area contributed by atoms with Crippen LogP contribution in [0.3, 0.4) is 0 Å². The van der Waals surface area contributed by atoms with Crippen LogP contribution in [-0.4, -0.2) is 59.1 Å². The highest BCUT2D eigenvalue weighted by molar-refractivity contribution is 7.20. The van der Waals surface area contributed by atoms with Crippen LogP contribution in [0.25, 0.3) is 15.9 Å². The lowest BCUT2D eigenvalue weighted by atomic mass is 10.3. The van der Waals surface area contributed by atoms with E-state index >= 15 is 0 Å². The van der Waals surface area contributed by atoms with E-state index in [9.17, 15) is 14.4 Å². The molecule has 0 aromatic carbocycles. The Morgan fingerprint density at radius 3 is 2.88 bits per heavy atom. The predicted molar refractivity (Wildman–Crippen MR) is 94.5 cm³/mol. The number of rotatable bonds is 3. The van der Waals surface area contributed by atoms with Crippen LogP contribution in [0.5, 0.6) is 0 Å². The summed E-state index contributed by atoms with van der Waals surface area (Å²) in [4.78, 5) is 43.5. The average Bonchev–Trinajstić information content (AvgIpc) is 3.11. The maximum Gasteiger partial charge on any atom is 0.348 e. The lowest BCUT2D eigenvalue weighted by molar-refractivity contribution is -0.138. The van der Waals surface area contributed by atoms with Gasteiger partial charge >= 0.3 is 5.97 Å². The van der Waals surface area contributed by atoms with Gasteiger partial charge in [0.2, 0.25) is 0 Å². The van der Waals surface area contributed by atoms with E-state index in [-0.39, 0.29) is 23.0 Å². The highest BCUT2D eigenvalue weighted by Crippen LogP contribution is 2.22.